The summed E-state index contributed by atoms with van der Waals surface area (Å²) in [5.41, 5.74) is 2.04. The minimum atomic E-state index is 0.300. The number of halogens is 1. The van der Waals surface area contributed by atoms with Gasteiger partial charge < -0.3 is 4.74 Å². The molecule has 0 saturated carbocycles. The fourth-order valence-corrected chi connectivity index (χ4v) is 4.21. The monoisotopic (exact) mass is 385 g/mol. The predicted octanol–water partition coefficient (Wildman–Crippen LogP) is 5.25. The van der Waals surface area contributed by atoms with Gasteiger partial charge in [0.1, 0.15) is 0 Å². The van der Waals surface area contributed by atoms with Crippen molar-refractivity contribution in [3.05, 3.63) is 59.6 Å². The minimum Gasteiger partial charge on any atom is -0.377 e. The quantitative estimate of drug-likeness (QED) is 0.562. The van der Waals surface area contributed by atoms with Crippen LogP contribution in [0.15, 0.2) is 59.8 Å². The van der Waals surface area contributed by atoms with Crippen LogP contribution >= 0.6 is 23.4 Å². The van der Waals surface area contributed by atoms with Crippen LogP contribution in [-0.4, -0.2) is 33.2 Å². The fraction of sp³-hybridized carbons (Fsp3) is 0.300. The van der Waals surface area contributed by atoms with Crippen molar-refractivity contribution < 1.29 is 4.74 Å². The molecule has 4 rings (SSSR count). The number of thioether (sulfide) groups is 1. The average molecular weight is 386 g/mol. The van der Waals surface area contributed by atoms with E-state index in [0.717, 1.165) is 41.0 Å². The third kappa shape index (κ3) is 3.95. The molecule has 134 valence electrons. The number of ether oxygens (including phenoxy) is 1. The molecule has 0 aliphatic carbocycles. The highest BCUT2D eigenvalue weighted by molar-refractivity contribution is 7.99. The van der Waals surface area contributed by atoms with E-state index in [1.54, 1.807) is 11.8 Å². The summed E-state index contributed by atoms with van der Waals surface area (Å²) < 4.78 is 7.96. The summed E-state index contributed by atoms with van der Waals surface area (Å²) in [7, 11) is 0. The third-order valence-electron chi connectivity index (χ3n) is 4.42. The maximum absolute atomic E-state index is 6.04. The molecular weight excluding hydrogens is 366 g/mol. The Morgan fingerprint density at radius 1 is 1.04 bits per heavy atom. The summed E-state index contributed by atoms with van der Waals surface area (Å²) in [6.07, 6.45) is 3.83. The van der Waals surface area contributed by atoms with Gasteiger partial charge in [0.2, 0.25) is 0 Å². The van der Waals surface area contributed by atoms with Crippen molar-refractivity contribution in [2.75, 3.05) is 12.4 Å². The minimum absolute atomic E-state index is 0.300. The first-order valence-corrected chi connectivity index (χ1v) is 10.2. The topological polar surface area (TPSA) is 39.9 Å². The van der Waals surface area contributed by atoms with Gasteiger partial charge in [-0.05, 0) is 55.7 Å². The van der Waals surface area contributed by atoms with Crippen LogP contribution in [0.4, 0.5) is 0 Å². The molecule has 1 aliphatic rings. The highest BCUT2D eigenvalue weighted by Gasteiger charge is 2.19. The van der Waals surface area contributed by atoms with E-state index >= 15 is 0 Å². The van der Waals surface area contributed by atoms with E-state index in [0.29, 0.717) is 11.1 Å². The van der Waals surface area contributed by atoms with Gasteiger partial charge in [-0.25, -0.2) is 0 Å². The number of benzene rings is 2. The van der Waals surface area contributed by atoms with Gasteiger partial charge in [-0.3, -0.25) is 4.57 Å². The zero-order valence-electron chi connectivity index (χ0n) is 14.3. The maximum atomic E-state index is 6.04. The summed E-state index contributed by atoms with van der Waals surface area (Å²) in [6.45, 7) is 0.868. The first-order valence-electron chi connectivity index (χ1n) is 8.82. The molecule has 2 aromatic carbocycles. The molecule has 1 saturated heterocycles. The Morgan fingerprint density at radius 3 is 2.58 bits per heavy atom. The zero-order chi connectivity index (χ0) is 17.8. The van der Waals surface area contributed by atoms with E-state index in [2.05, 4.69) is 26.9 Å². The normalized spacial score (nSPS) is 17.3. The van der Waals surface area contributed by atoms with Crippen LogP contribution in [0, 0.1) is 0 Å². The van der Waals surface area contributed by atoms with Crippen molar-refractivity contribution in [1.82, 2.24) is 14.8 Å². The number of hydrogen-bond donors (Lipinski definition) is 0. The number of nitrogens with zero attached hydrogens (tertiary/aromatic N) is 3. The molecule has 0 bridgehead atoms. The highest BCUT2D eigenvalue weighted by Crippen LogP contribution is 2.30. The molecule has 1 fully saturated rings. The molecule has 3 aromatic rings. The summed E-state index contributed by atoms with van der Waals surface area (Å²) in [6, 6.07) is 17.9. The highest BCUT2D eigenvalue weighted by atomic mass is 35.5. The van der Waals surface area contributed by atoms with E-state index in [1.807, 2.05) is 42.5 Å². The van der Waals surface area contributed by atoms with Gasteiger partial charge in [0.25, 0.3) is 0 Å². The Balaban J connectivity index is 1.66. The summed E-state index contributed by atoms with van der Waals surface area (Å²) in [4.78, 5) is 0. The van der Waals surface area contributed by atoms with E-state index in [9.17, 15) is 0 Å². The summed E-state index contributed by atoms with van der Waals surface area (Å²) >= 11 is 7.74. The van der Waals surface area contributed by atoms with Gasteiger partial charge in [0.15, 0.2) is 11.0 Å². The lowest BCUT2D eigenvalue weighted by Crippen LogP contribution is -2.21. The van der Waals surface area contributed by atoms with Gasteiger partial charge in [0.05, 0.1) is 6.10 Å². The van der Waals surface area contributed by atoms with Crippen molar-refractivity contribution in [3.8, 4) is 17.1 Å². The standard InChI is InChI=1S/C20H20ClN3OS/c21-16-11-9-15(10-12-16)19-22-23-20(24(19)17-6-2-1-3-7-17)26-14-18-8-4-5-13-25-18/h1-3,6-7,9-12,18H,4-5,8,13-14H2. The Kier molecular flexibility index (Phi) is 5.58. The Bertz CT molecular complexity index is 845. The molecule has 0 N–H and O–H groups in total. The van der Waals surface area contributed by atoms with Crippen LogP contribution in [-0.2, 0) is 4.74 Å². The first-order chi connectivity index (χ1) is 12.8. The van der Waals surface area contributed by atoms with Crippen molar-refractivity contribution in [2.45, 2.75) is 30.5 Å². The summed E-state index contributed by atoms with van der Waals surface area (Å²) in [5.74, 6) is 1.71. The molecule has 0 amide bonds. The second-order valence-electron chi connectivity index (χ2n) is 6.28. The summed E-state index contributed by atoms with van der Waals surface area (Å²) in [5, 5.41) is 10.5. The number of para-hydroxylation sites is 1. The first kappa shape index (κ1) is 17.6. The smallest absolute Gasteiger partial charge is 0.196 e. The Labute approximate surface area is 162 Å². The molecular formula is C20H20ClN3OS. The van der Waals surface area contributed by atoms with Gasteiger partial charge in [-0.1, -0.05) is 41.6 Å². The van der Waals surface area contributed by atoms with Crippen LogP contribution in [0.5, 0.6) is 0 Å². The van der Waals surface area contributed by atoms with E-state index in [-0.39, 0.29) is 0 Å². The van der Waals surface area contributed by atoms with E-state index < -0.39 is 0 Å². The molecule has 6 heteroatoms. The fourth-order valence-electron chi connectivity index (χ4n) is 3.07. The van der Waals surface area contributed by atoms with Crippen LogP contribution < -0.4 is 0 Å². The molecule has 1 aliphatic heterocycles. The molecule has 1 unspecified atom stereocenters. The lowest BCUT2D eigenvalue weighted by molar-refractivity contribution is 0.0315. The lowest BCUT2D eigenvalue weighted by Gasteiger charge is -2.22. The molecule has 26 heavy (non-hydrogen) atoms. The number of rotatable bonds is 5. The molecule has 1 atom stereocenters. The third-order valence-corrected chi connectivity index (χ3v) is 5.74. The maximum Gasteiger partial charge on any atom is 0.196 e. The van der Waals surface area contributed by atoms with Crippen LogP contribution in [0.3, 0.4) is 0 Å². The predicted molar refractivity (Wildman–Crippen MR) is 106 cm³/mol. The number of aromatic nitrogens is 3. The van der Waals surface area contributed by atoms with Crippen molar-refractivity contribution in [1.29, 1.82) is 0 Å². The van der Waals surface area contributed by atoms with Gasteiger partial charge in [0, 0.05) is 28.6 Å². The van der Waals surface area contributed by atoms with Crippen LogP contribution in [0.25, 0.3) is 17.1 Å². The van der Waals surface area contributed by atoms with E-state index in [1.165, 1.54) is 12.8 Å². The second-order valence-corrected chi connectivity index (χ2v) is 7.71. The average Bonchev–Trinajstić information content (AvgIpc) is 3.12. The van der Waals surface area contributed by atoms with Gasteiger partial charge >= 0.3 is 0 Å². The van der Waals surface area contributed by atoms with Crippen molar-refractivity contribution in [2.24, 2.45) is 0 Å². The Morgan fingerprint density at radius 2 is 1.85 bits per heavy atom. The number of hydrogen-bond acceptors (Lipinski definition) is 4. The van der Waals surface area contributed by atoms with Crippen molar-refractivity contribution in [3.63, 3.8) is 0 Å². The lowest BCUT2D eigenvalue weighted by atomic mass is 10.1. The second kappa shape index (κ2) is 8.25. The van der Waals surface area contributed by atoms with Gasteiger partial charge in [-0.2, -0.15) is 0 Å². The molecule has 1 aromatic heterocycles. The Hall–Kier alpha value is -1.82. The van der Waals surface area contributed by atoms with Gasteiger partial charge in [-0.15, -0.1) is 10.2 Å². The largest absolute Gasteiger partial charge is 0.377 e. The molecule has 0 radical (unpaired) electrons. The SMILES string of the molecule is Clc1ccc(-c2nnc(SCC3CCCCO3)n2-c2ccccc2)cc1. The van der Waals surface area contributed by atoms with Crippen molar-refractivity contribution >= 4 is 23.4 Å². The molecule has 0 spiro atoms. The van der Waals surface area contributed by atoms with E-state index in [4.69, 9.17) is 16.3 Å². The van der Waals surface area contributed by atoms with Crippen LogP contribution in [0.2, 0.25) is 5.02 Å². The molecule has 4 nitrogen and oxygen atoms in total. The van der Waals surface area contributed by atoms with Crippen LogP contribution in [0.1, 0.15) is 19.3 Å². The zero-order valence-corrected chi connectivity index (χ0v) is 15.9. The molecule has 2 heterocycles.